The molecule has 1 aliphatic heterocycles. The molecule has 170 valence electrons. The van der Waals surface area contributed by atoms with E-state index >= 15 is 0 Å². The third kappa shape index (κ3) is 4.55. The molecular weight excluding hydrogens is 432 g/mol. The Morgan fingerprint density at radius 3 is 2.42 bits per heavy atom. The minimum Gasteiger partial charge on any atom is -0.415 e. The van der Waals surface area contributed by atoms with Gasteiger partial charge in [0.05, 0.1) is 17.5 Å². The molecule has 1 atom stereocenters. The predicted octanol–water partition coefficient (Wildman–Crippen LogP) is 2.99. The van der Waals surface area contributed by atoms with Crippen LogP contribution in [0.25, 0.3) is 22.7 Å². The number of pyridine rings is 2. The Kier molecular flexibility index (Phi) is 5.73. The summed E-state index contributed by atoms with van der Waals surface area (Å²) in [6, 6.07) is 6.91. The van der Waals surface area contributed by atoms with Crippen molar-refractivity contribution in [2.75, 3.05) is 25.4 Å². The van der Waals surface area contributed by atoms with E-state index in [-0.39, 0.29) is 11.9 Å². The van der Waals surface area contributed by atoms with Crippen LogP contribution in [0.3, 0.4) is 0 Å². The lowest BCUT2D eigenvalue weighted by atomic mass is 10.1. The van der Waals surface area contributed by atoms with Gasteiger partial charge in [-0.15, -0.1) is 15.3 Å². The summed E-state index contributed by atoms with van der Waals surface area (Å²) in [7, 11) is 0. The lowest BCUT2D eigenvalue weighted by Crippen LogP contribution is -2.30. The molecule has 1 saturated heterocycles. The molecule has 12 heteroatoms. The van der Waals surface area contributed by atoms with E-state index in [0.29, 0.717) is 23.6 Å². The lowest BCUT2D eigenvalue weighted by Gasteiger charge is -2.23. The molecule has 0 spiro atoms. The highest BCUT2D eigenvalue weighted by atomic mass is 19.3. The van der Waals surface area contributed by atoms with Crippen LogP contribution < -0.4 is 5.73 Å². The summed E-state index contributed by atoms with van der Waals surface area (Å²) in [6.45, 7) is 2.73. The molecule has 10 nitrogen and oxygen atoms in total. The number of anilines is 1. The van der Waals surface area contributed by atoms with Crippen molar-refractivity contribution in [3.63, 3.8) is 0 Å². The minimum atomic E-state index is -2.82. The van der Waals surface area contributed by atoms with Crippen molar-refractivity contribution in [2.24, 2.45) is 0 Å². The maximum Gasteiger partial charge on any atom is 0.314 e. The number of nitrogens with zero attached hydrogens (tertiary/aromatic N) is 8. The number of nitrogen functional groups attached to an aromatic ring is 1. The molecule has 0 radical (unpaired) electrons. The zero-order valence-electron chi connectivity index (χ0n) is 17.6. The lowest BCUT2D eigenvalue weighted by molar-refractivity contribution is 0.116. The first kappa shape index (κ1) is 21.1. The molecule has 0 aliphatic carbocycles. The van der Waals surface area contributed by atoms with E-state index in [1.165, 1.54) is 6.20 Å². The van der Waals surface area contributed by atoms with Crippen molar-refractivity contribution >= 4 is 5.82 Å². The van der Waals surface area contributed by atoms with Crippen molar-refractivity contribution in [2.45, 2.75) is 25.3 Å². The SMILES string of the molecule is Nc1ccc(-c2cn(C(CN3CCCC3)c3ccc(-c4nnc(C(F)F)o4)cn3)nn2)cn1. The first-order valence-corrected chi connectivity index (χ1v) is 10.5. The van der Waals surface area contributed by atoms with E-state index in [1.54, 1.807) is 23.0 Å². The van der Waals surface area contributed by atoms with Gasteiger partial charge >= 0.3 is 6.43 Å². The molecule has 1 aliphatic rings. The molecule has 0 bridgehead atoms. The van der Waals surface area contributed by atoms with Gasteiger partial charge in [0.1, 0.15) is 17.6 Å². The van der Waals surface area contributed by atoms with Crippen molar-refractivity contribution in [3.8, 4) is 22.7 Å². The van der Waals surface area contributed by atoms with E-state index in [0.717, 1.165) is 37.2 Å². The Labute approximate surface area is 187 Å². The Hall–Kier alpha value is -3.80. The number of nitrogens with two attached hydrogens (primary N) is 1. The maximum atomic E-state index is 12.7. The number of likely N-dealkylation sites (tertiary alicyclic amines) is 1. The zero-order chi connectivity index (χ0) is 22.8. The van der Waals surface area contributed by atoms with Gasteiger partial charge in [-0.1, -0.05) is 5.21 Å². The molecule has 5 rings (SSSR count). The predicted molar refractivity (Wildman–Crippen MR) is 114 cm³/mol. The zero-order valence-corrected chi connectivity index (χ0v) is 17.6. The van der Waals surface area contributed by atoms with E-state index in [2.05, 4.69) is 35.4 Å². The number of alkyl halides is 2. The van der Waals surface area contributed by atoms with Crippen LogP contribution in [-0.2, 0) is 0 Å². The smallest absolute Gasteiger partial charge is 0.314 e. The third-order valence-electron chi connectivity index (χ3n) is 5.54. The monoisotopic (exact) mass is 453 g/mol. The highest BCUT2D eigenvalue weighted by Crippen LogP contribution is 2.26. The number of halogens is 2. The molecule has 0 saturated carbocycles. The number of aromatic nitrogens is 7. The van der Waals surface area contributed by atoms with Crippen LogP contribution in [-0.4, -0.2) is 59.7 Å². The highest BCUT2D eigenvalue weighted by Gasteiger charge is 2.24. The molecule has 0 amide bonds. The number of hydrogen-bond acceptors (Lipinski definition) is 9. The summed E-state index contributed by atoms with van der Waals surface area (Å²) >= 11 is 0. The summed E-state index contributed by atoms with van der Waals surface area (Å²) in [5.41, 5.74) is 8.38. The van der Waals surface area contributed by atoms with Crippen LogP contribution >= 0.6 is 0 Å². The number of hydrogen-bond donors (Lipinski definition) is 1. The van der Waals surface area contributed by atoms with Gasteiger partial charge in [-0.3, -0.25) is 4.98 Å². The molecule has 1 unspecified atom stereocenters. The van der Waals surface area contributed by atoms with Crippen LogP contribution in [0, 0.1) is 0 Å². The quantitative estimate of drug-likeness (QED) is 0.449. The second-order valence-corrected chi connectivity index (χ2v) is 7.80. The van der Waals surface area contributed by atoms with Gasteiger partial charge in [0.15, 0.2) is 0 Å². The molecule has 5 heterocycles. The van der Waals surface area contributed by atoms with Crippen LogP contribution in [0.4, 0.5) is 14.6 Å². The summed E-state index contributed by atoms with van der Waals surface area (Å²) in [5.74, 6) is -0.281. The van der Waals surface area contributed by atoms with Crippen LogP contribution in [0.1, 0.15) is 36.9 Å². The highest BCUT2D eigenvalue weighted by molar-refractivity contribution is 5.58. The minimum absolute atomic E-state index is 0.000615. The van der Waals surface area contributed by atoms with Gasteiger partial charge in [-0.2, -0.15) is 8.78 Å². The Bertz CT molecular complexity index is 1200. The first-order chi connectivity index (χ1) is 16.1. The van der Waals surface area contributed by atoms with Gasteiger partial charge in [0.2, 0.25) is 5.89 Å². The van der Waals surface area contributed by atoms with Gasteiger partial charge in [0, 0.05) is 24.5 Å². The van der Waals surface area contributed by atoms with Crippen LogP contribution in [0.15, 0.2) is 47.3 Å². The topological polar surface area (TPSA) is 125 Å². The van der Waals surface area contributed by atoms with Gasteiger partial charge in [-0.25, -0.2) is 9.67 Å². The maximum absolute atomic E-state index is 12.7. The standard InChI is InChI=1S/C21H21F2N9O/c22-19(23)21-29-28-20(33-21)14-3-5-15(25-10-14)17(12-31-7-1-2-8-31)32-11-16(27-30-32)13-4-6-18(24)26-9-13/h3-6,9-11,17,19H,1-2,7-8,12H2,(H2,24,26). The molecule has 4 aromatic rings. The van der Waals surface area contributed by atoms with Crippen molar-refractivity contribution < 1.29 is 13.2 Å². The van der Waals surface area contributed by atoms with E-state index in [9.17, 15) is 8.78 Å². The largest absolute Gasteiger partial charge is 0.415 e. The molecule has 0 aromatic carbocycles. The third-order valence-corrected chi connectivity index (χ3v) is 5.54. The average Bonchev–Trinajstić information content (AvgIpc) is 3.60. The molecule has 1 fully saturated rings. The van der Waals surface area contributed by atoms with Gasteiger partial charge in [0.25, 0.3) is 5.89 Å². The summed E-state index contributed by atoms with van der Waals surface area (Å²) in [5, 5.41) is 15.7. The fourth-order valence-corrected chi connectivity index (χ4v) is 3.81. The second-order valence-electron chi connectivity index (χ2n) is 7.80. The first-order valence-electron chi connectivity index (χ1n) is 10.5. The van der Waals surface area contributed by atoms with Gasteiger partial charge < -0.3 is 15.1 Å². The van der Waals surface area contributed by atoms with Crippen LogP contribution in [0.5, 0.6) is 0 Å². The molecule has 4 aromatic heterocycles. The van der Waals surface area contributed by atoms with Crippen molar-refractivity contribution in [1.82, 2.24) is 40.1 Å². The summed E-state index contributed by atoms with van der Waals surface area (Å²) < 4.78 is 32.3. The van der Waals surface area contributed by atoms with E-state index in [1.807, 2.05) is 18.3 Å². The Morgan fingerprint density at radius 1 is 0.970 bits per heavy atom. The van der Waals surface area contributed by atoms with Crippen LogP contribution in [0.2, 0.25) is 0 Å². The average molecular weight is 453 g/mol. The molecule has 33 heavy (non-hydrogen) atoms. The summed E-state index contributed by atoms with van der Waals surface area (Å²) in [4.78, 5) is 11.0. The number of rotatable bonds is 7. The fourth-order valence-electron chi connectivity index (χ4n) is 3.81. The normalized spacial score (nSPS) is 15.4. The molecular formula is C21H21F2N9O. The Balaban J connectivity index is 1.43. The second kappa shape index (κ2) is 8.98. The van der Waals surface area contributed by atoms with Crippen molar-refractivity contribution in [1.29, 1.82) is 0 Å². The molecule has 2 N–H and O–H groups in total. The van der Waals surface area contributed by atoms with Gasteiger partial charge in [-0.05, 0) is 50.2 Å². The Morgan fingerprint density at radius 2 is 1.76 bits per heavy atom. The van der Waals surface area contributed by atoms with E-state index in [4.69, 9.17) is 10.2 Å². The van der Waals surface area contributed by atoms with E-state index < -0.39 is 12.3 Å². The summed E-state index contributed by atoms with van der Waals surface area (Å²) in [6.07, 6.45) is 4.55. The fraction of sp³-hybridized carbons (Fsp3) is 0.333. The van der Waals surface area contributed by atoms with Crippen molar-refractivity contribution in [3.05, 3.63) is 54.4 Å².